The zero-order valence-corrected chi connectivity index (χ0v) is 15.2. The van der Waals surface area contributed by atoms with Crippen LogP contribution in [0.4, 0.5) is 5.69 Å². The van der Waals surface area contributed by atoms with Crippen LogP contribution in [0, 0.1) is 6.92 Å². The van der Waals surface area contributed by atoms with Crippen molar-refractivity contribution < 1.29 is 4.42 Å². The molecule has 2 aromatic carbocycles. The van der Waals surface area contributed by atoms with E-state index in [4.69, 9.17) is 21.7 Å². The van der Waals surface area contributed by atoms with E-state index in [1.54, 1.807) is 6.26 Å². The third kappa shape index (κ3) is 3.39. The van der Waals surface area contributed by atoms with Gasteiger partial charge in [-0.05, 0) is 49.0 Å². The minimum absolute atomic E-state index is 0.0509. The van der Waals surface area contributed by atoms with E-state index >= 15 is 0 Å². The highest BCUT2D eigenvalue weighted by Gasteiger charge is 2.33. The van der Waals surface area contributed by atoms with Crippen LogP contribution in [0.1, 0.15) is 29.3 Å². The first-order valence-electron chi connectivity index (χ1n) is 8.54. The summed E-state index contributed by atoms with van der Waals surface area (Å²) in [5, 5.41) is 10.5. The molecule has 2 heterocycles. The van der Waals surface area contributed by atoms with E-state index in [0.717, 1.165) is 29.1 Å². The molecule has 1 atom stereocenters. The Labute approximate surface area is 158 Å². The molecule has 1 aromatic heterocycles. The second-order valence-corrected chi connectivity index (χ2v) is 6.68. The molecule has 0 saturated carbocycles. The summed E-state index contributed by atoms with van der Waals surface area (Å²) in [7, 11) is 0. The molecule has 1 aliphatic rings. The fourth-order valence-electron chi connectivity index (χ4n) is 3.02. The van der Waals surface area contributed by atoms with Gasteiger partial charge in [-0.1, -0.05) is 48.0 Å². The van der Waals surface area contributed by atoms with Crippen LogP contribution in [0.5, 0.6) is 0 Å². The SMILES string of the molecule is Cc1ccc(C2=NN(C(=S)Nc3ccccc3)C(c3ccco3)C2)cc1. The van der Waals surface area contributed by atoms with Crippen LogP contribution >= 0.6 is 12.2 Å². The average molecular weight is 361 g/mol. The molecule has 0 aliphatic carbocycles. The monoisotopic (exact) mass is 361 g/mol. The number of nitrogens with zero attached hydrogens (tertiary/aromatic N) is 2. The van der Waals surface area contributed by atoms with Gasteiger partial charge in [0.05, 0.1) is 12.0 Å². The maximum Gasteiger partial charge on any atom is 0.194 e. The summed E-state index contributed by atoms with van der Waals surface area (Å²) in [6.07, 6.45) is 2.43. The fraction of sp³-hybridized carbons (Fsp3) is 0.143. The minimum Gasteiger partial charge on any atom is -0.467 e. The molecule has 4 rings (SSSR count). The van der Waals surface area contributed by atoms with E-state index in [1.807, 2.05) is 47.5 Å². The molecule has 1 aliphatic heterocycles. The number of anilines is 1. The van der Waals surface area contributed by atoms with Crippen molar-refractivity contribution in [1.82, 2.24) is 5.01 Å². The molecule has 0 fully saturated rings. The van der Waals surface area contributed by atoms with Crippen molar-refractivity contribution >= 4 is 28.7 Å². The lowest BCUT2D eigenvalue weighted by Crippen LogP contribution is -2.30. The van der Waals surface area contributed by atoms with E-state index in [9.17, 15) is 0 Å². The van der Waals surface area contributed by atoms with Crippen LogP contribution in [0.15, 0.2) is 82.5 Å². The third-order valence-corrected chi connectivity index (χ3v) is 4.69. The Hall–Kier alpha value is -2.92. The van der Waals surface area contributed by atoms with Gasteiger partial charge in [0.2, 0.25) is 0 Å². The zero-order chi connectivity index (χ0) is 17.9. The number of nitrogens with one attached hydrogen (secondary N) is 1. The van der Waals surface area contributed by atoms with Gasteiger partial charge in [-0.25, -0.2) is 5.01 Å². The smallest absolute Gasteiger partial charge is 0.194 e. The Morgan fingerprint density at radius 2 is 1.85 bits per heavy atom. The van der Waals surface area contributed by atoms with Crippen molar-refractivity contribution in [2.75, 3.05) is 5.32 Å². The number of benzene rings is 2. The predicted molar refractivity (Wildman–Crippen MR) is 108 cm³/mol. The summed E-state index contributed by atoms with van der Waals surface area (Å²) in [6, 6.07) is 22.1. The molecule has 1 N–H and O–H groups in total. The zero-order valence-electron chi connectivity index (χ0n) is 14.4. The highest BCUT2D eigenvalue weighted by Crippen LogP contribution is 2.33. The lowest BCUT2D eigenvalue weighted by Gasteiger charge is -2.23. The molecule has 0 saturated heterocycles. The van der Waals surface area contributed by atoms with Crippen LogP contribution in [0.25, 0.3) is 0 Å². The normalized spacial score (nSPS) is 16.4. The Morgan fingerprint density at radius 3 is 2.54 bits per heavy atom. The first kappa shape index (κ1) is 16.5. The molecular formula is C21H19N3OS. The standard InChI is InChI=1S/C21H19N3OS/c1-15-9-11-16(12-10-15)18-14-19(20-8-5-13-25-20)24(23-18)21(26)22-17-6-3-2-4-7-17/h2-13,19H,14H2,1H3,(H,22,26). The number of hydrogen-bond acceptors (Lipinski definition) is 3. The summed E-state index contributed by atoms with van der Waals surface area (Å²) in [4.78, 5) is 0. The van der Waals surface area contributed by atoms with Gasteiger partial charge < -0.3 is 9.73 Å². The molecule has 5 heteroatoms. The van der Waals surface area contributed by atoms with Crippen LogP contribution < -0.4 is 5.32 Å². The largest absolute Gasteiger partial charge is 0.467 e. The van der Waals surface area contributed by atoms with E-state index in [-0.39, 0.29) is 6.04 Å². The quantitative estimate of drug-likeness (QED) is 0.656. The first-order valence-corrected chi connectivity index (χ1v) is 8.95. The maximum atomic E-state index is 5.65. The maximum absolute atomic E-state index is 5.65. The van der Waals surface area contributed by atoms with Gasteiger partial charge in [-0.15, -0.1) is 0 Å². The molecule has 4 nitrogen and oxygen atoms in total. The van der Waals surface area contributed by atoms with Crippen molar-refractivity contribution in [3.8, 4) is 0 Å². The fourth-order valence-corrected chi connectivity index (χ4v) is 3.31. The molecule has 26 heavy (non-hydrogen) atoms. The molecule has 0 spiro atoms. The molecule has 0 bridgehead atoms. The van der Waals surface area contributed by atoms with Gasteiger partial charge in [0.1, 0.15) is 11.8 Å². The minimum atomic E-state index is -0.0509. The van der Waals surface area contributed by atoms with Gasteiger partial charge in [0.25, 0.3) is 0 Å². The lowest BCUT2D eigenvalue weighted by molar-refractivity contribution is 0.318. The van der Waals surface area contributed by atoms with Gasteiger partial charge >= 0.3 is 0 Å². The Morgan fingerprint density at radius 1 is 1.08 bits per heavy atom. The van der Waals surface area contributed by atoms with Gasteiger partial charge in [-0.3, -0.25) is 0 Å². The van der Waals surface area contributed by atoms with E-state index in [2.05, 4.69) is 36.5 Å². The summed E-state index contributed by atoms with van der Waals surface area (Å²) in [5.74, 6) is 0.855. The Balaban J connectivity index is 1.63. The second-order valence-electron chi connectivity index (χ2n) is 6.29. The first-order chi connectivity index (χ1) is 12.7. The van der Waals surface area contributed by atoms with Crippen molar-refractivity contribution in [1.29, 1.82) is 0 Å². The van der Waals surface area contributed by atoms with Crippen molar-refractivity contribution in [3.05, 3.63) is 89.9 Å². The number of furan rings is 1. The number of thiocarbonyl (C=S) groups is 1. The highest BCUT2D eigenvalue weighted by atomic mass is 32.1. The summed E-state index contributed by atoms with van der Waals surface area (Å²) < 4.78 is 5.65. The van der Waals surface area contributed by atoms with Crippen LogP contribution in [0.3, 0.4) is 0 Å². The van der Waals surface area contributed by atoms with Crippen molar-refractivity contribution in [2.24, 2.45) is 5.10 Å². The number of aryl methyl sites for hydroxylation is 1. The second kappa shape index (κ2) is 7.14. The van der Waals surface area contributed by atoms with Gasteiger partial charge in [0.15, 0.2) is 5.11 Å². The van der Waals surface area contributed by atoms with Gasteiger partial charge in [-0.2, -0.15) is 5.10 Å². The summed E-state index contributed by atoms with van der Waals surface area (Å²) >= 11 is 5.64. The van der Waals surface area contributed by atoms with E-state index < -0.39 is 0 Å². The highest BCUT2D eigenvalue weighted by molar-refractivity contribution is 7.80. The Kier molecular flexibility index (Phi) is 4.54. The average Bonchev–Trinajstić information content (AvgIpc) is 3.33. The summed E-state index contributed by atoms with van der Waals surface area (Å²) in [5.41, 5.74) is 4.28. The van der Waals surface area contributed by atoms with E-state index in [1.165, 1.54) is 5.56 Å². The number of para-hydroxylation sites is 1. The predicted octanol–water partition coefficient (Wildman–Crippen LogP) is 5.14. The number of rotatable bonds is 3. The van der Waals surface area contributed by atoms with Crippen LogP contribution in [0.2, 0.25) is 0 Å². The third-order valence-electron chi connectivity index (χ3n) is 4.40. The molecule has 0 amide bonds. The lowest BCUT2D eigenvalue weighted by atomic mass is 10.0. The Bertz CT molecular complexity index is 918. The molecule has 0 radical (unpaired) electrons. The molecule has 1 unspecified atom stereocenters. The van der Waals surface area contributed by atoms with Crippen LogP contribution in [-0.4, -0.2) is 15.8 Å². The number of hydrogen-bond donors (Lipinski definition) is 1. The van der Waals surface area contributed by atoms with Crippen LogP contribution in [-0.2, 0) is 0 Å². The molecular weight excluding hydrogens is 342 g/mol. The molecule has 130 valence electrons. The van der Waals surface area contributed by atoms with E-state index in [0.29, 0.717) is 5.11 Å². The van der Waals surface area contributed by atoms with Crippen molar-refractivity contribution in [2.45, 2.75) is 19.4 Å². The number of hydrazone groups is 1. The van der Waals surface area contributed by atoms with Crippen molar-refractivity contribution in [3.63, 3.8) is 0 Å². The topological polar surface area (TPSA) is 40.8 Å². The van der Waals surface area contributed by atoms with Gasteiger partial charge in [0, 0.05) is 12.1 Å². The summed E-state index contributed by atoms with van der Waals surface area (Å²) in [6.45, 7) is 2.08. The molecule has 3 aromatic rings.